The van der Waals surface area contributed by atoms with Crippen LogP contribution in [0.3, 0.4) is 0 Å². The van der Waals surface area contributed by atoms with E-state index >= 15 is 0 Å². The molecule has 0 saturated carbocycles. The number of Topliss-reactive ketones (excluding diaryl/α,β-unsaturated/α-hetero) is 1. The number of fused-ring (bicyclic) bond motifs is 2. The summed E-state index contributed by atoms with van der Waals surface area (Å²) in [5, 5.41) is 0.958. The standard InChI is InChI=1S/C29H25NO6/c1-5-30-16-18(22-15-19(33-3)10-12-23(22)30)14-26-27(31)21-11-13-24(17(2)28(21)35-26)36-29(32)20-8-6-7-9-25(20)34-4/h6-16H,5H2,1-4H3/b26-14+. The predicted molar refractivity (Wildman–Crippen MR) is 136 cm³/mol. The van der Waals surface area contributed by atoms with Gasteiger partial charge in [-0.2, -0.15) is 0 Å². The SMILES string of the molecule is CCn1cc(/C=C2/Oc3c(ccc(OC(=O)c4ccccc4OC)c3C)C2=O)c2cc(OC)ccc21. The van der Waals surface area contributed by atoms with Crippen LogP contribution in [-0.2, 0) is 6.54 Å². The molecule has 0 radical (unpaired) electrons. The lowest BCUT2D eigenvalue weighted by atomic mass is 10.1. The highest BCUT2D eigenvalue weighted by Crippen LogP contribution is 2.40. The fraction of sp³-hybridized carbons (Fsp3) is 0.172. The summed E-state index contributed by atoms with van der Waals surface area (Å²) in [5.74, 6) is 1.27. The first-order valence-corrected chi connectivity index (χ1v) is 11.5. The Kier molecular flexibility index (Phi) is 5.98. The van der Waals surface area contributed by atoms with E-state index in [0.717, 1.165) is 28.8 Å². The van der Waals surface area contributed by atoms with E-state index in [-0.39, 0.29) is 11.5 Å². The highest BCUT2D eigenvalue weighted by molar-refractivity contribution is 6.15. The number of benzene rings is 3. The molecule has 1 aliphatic rings. The second-order valence-corrected chi connectivity index (χ2v) is 8.35. The Morgan fingerprint density at radius 3 is 2.58 bits per heavy atom. The quantitative estimate of drug-likeness (QED) is 0.195. The lowest BCUT2D eigenvalue weighted by Crippen LogP contribution is -2.11. The zero-order valence-electron chi connectivity index (χ0n) is 20.5. The molecule has 7 heteroatoms. The number of para-hydroxylation sites is 1. The molecular formula is C29H25NO6. The van der Waals surface area contributed by atoms with Crippen molar-refractivity contribution in [2.75, 3.05) is 14.2 Å². The number of esters is 1. The van der Waals surface area contributed by atoms with Crippen LogP contribution in [-0.4, -0.2) is 30.5 Å². The third kappa shape index (κ3) is 3.88. The second kappa shape index (κ2) is 9.26. The van der Waals surface area contributed by atoms with Crippen molar-refractivity contribution in [3.8, 4) is 23.0 Å². The second-order valence-electron chi connectivity index (χ2n) is 8.35. The van der Waals surface area contributed by atoms with Crippen LogP contribution in [0.2, 0.25) is 0 Å². The molecule has 3 aromatic carbocycles. The molecule has 0 atom stereocenters. The van der Waals surface area contributed by atoms with Crippen molar-refractivity contribution in [2.45, 2.75) is 20.4 Å². The number of ketones is 1. The first-order valence-electron chi connectivity index (χ1n) is 11.5. The van der Waals surface area contributed by atoms with Gasteiger partial charge in [0.2, 0.25) is 5.78 Å². The molecule has 0 N–H and O–H groups in total. The lowest BCUT2D eigenvalue weighted by Gasteiger charge is -2.11. The zero-order chi connectivity index (χ0) is 25.4. The number of methoxy groups -OCH3 is 2. The normalized spacial score (nSPS) is 13.6. The van der Waals surface area contributed by atoms with Gasteiger partial charge >= 0.3 is 5.97 Å². The molecule has 1 aliphatic heterocycles. The van der Waals surface area contributed by atoms with E-state index in [2.05, 4.69) is 11.5 Å². The summed E-state index contributed by atoms with van der Waals surface area (Å²) in [6, 6.07) is 15.9. The summed E-state index contributed by atoms with van der Waals surface area (Å²) in [6.45, 7) is 4.60. The van der Waals surface area contributed by atoms with E-state index in [1.54, 1.807) is 56.5 Å². The molecular weight excluding hydrogens is 458 g/mol. The van der Waals surface area contributed by atoms with Gasteiger partial charge in [-0.25, -0.2) is 4.79 Å². The molecule has 0 aliphatic carbocycles. The van der Waals surface area contributed by atoms with Crippen molar-refractivity contribution < 1.29 is 28.5 Å². The van der Waals surface area contributed by atoms with Gasteiger partial charge in [0.15, 0.2) is 5.76 Å². The van der Waals surface area contributed by atoms with Crippen LogP contribution in [0.25, 0.3) is 17.0 Å². The smallest absolute Gasteiger partial charge is 0.347 e. The maximum atomic E-state index is 13.2. The van der Waals surface area contributed by atoms with Gasteiger partial charge in [0.25, 0.3) is 0 Å². The molecule has 5 rings (SSSR count). The number of aromatic nitrogens is 1. The van der Waals surface area contributed by atoms with Crippen LogP contribution in [0.15, 0.2) is 66.6 Å². The molecule has 182 valence electrons. The van der Waals surface area contributed by atoms with Crippen LogP contribution in [0, 0.1) is 6.92 Å². The molecule has 0 amide bonds. The Morgan fingerprint density at radius 1 is 1.03 bits per heavy atom. The van der Waals surface area contributed by atoms with Crippen LogP contribution in [0.1, 0.15) is 38.8 Å². The van der Waals surface area contributed by atoms with E-state index in [9.17, 15) is 9.59 Å². The minimum absolute atomic E-state index is 0.208. The van der Waals surface area contributed by atoms with E-state index in [1.807, 2.05) is 24.4 Å². The number of rotatable bonds is 6. The van der Waals surface area contributed by atoms with Crippen LogP contribution in [0.5, 0.6) is 23.0 Å². The highest BCUT2D eigenvalue weighted by atomic mass is 16.5. The van der Waals surface area contributed by atoms with Crippen LogP contribution in [0.4, 0.5) is 0 Å². The van der Waals surface area contributed by atoms with Gasteiger partial charge in [-0.3, -0.25) is 4.79 Å². The van der Waals surface area contributed by atoms with Gasteiger partial charge in [0, 0.05) is 34.8 Å². The number of carbonyl (C=O) groups is 2. The van der Waals surface area contributed by atoms with Crippen molar-refractivity contribution >= 4 is 28.7 Å². The fourth-order valence-electron chi connectivity index (χ4n) is 4.40. The van der Waals surface area contributed by atoms with E-state index in [0.29, 0.717) is 33.9 Å². The number of hydrogen-bond acceptors (Lipinski definition) is 6. The molecule has 7 nitrogen and oxygen atoms in total. The first-order chi connectivity index (χ1) is 17.4. The van der Waals surface area contributed by atoms with Crippen LogP contribution >= 0.6 is 0 Å². The summed E-state index contributed by atoms with van der Waals surface area (Å²) < 4.78 is 24.4. The Balaban J connectivity index is 1.48. The number of allylic oxidation sites excluding steroid dienone is 1. The molecule has 1 aromatic heterocycles. The first kappa shape index (κ1) is 23.2. The highest BCUT2D eigenvalue weighted by Gasteiger charge is 2.31. The Hall–Kier alpha value is -4.52. The molecule has 0 fully saturated rings. The summed E-state index contributed by atoms with van der Waals surface area (Å²) >= 11 is 0. The minimum atomic E-state index is -0.558. The maximum Gasteiger partial charge on any atom is 0.347 e. The minimum Gasteiger partial charge on any atom is -0.497 e. The van der Waals surface area contributed by atoms with E-state index < -0.39 is 5.97 Å². The molecule has 36 heavy (non-hydrogen) atoms. The third-order valence-electron chi connectivity index (χ3n) is 6.31. The van der Waals surface area contributed by atoms with Crippen molar-refractivity contribution in [2.24, 2.45) is 0 Å². The monoisotopic (exact) mass is 483 g/mol. The number of carbonyl (C=O) groups excluding carboxylic acids is 2. The fourth-order valence-corrected chi connectivity index (χ4v) is 4.40. The topological polar surface area (TPSA) is 76.0 Å². The third-order valence-corrected chi connectivity index (χ3v) is 6.31. The molecule has 2 heterocycles. The molecule has 0 bridgehead atoms. The number of nitrogens with zero attached hydrogens (tertiary/aromatic N) is 1. The van der Waals surface area contributed by atoms with Crippen molar-refractivity contribution in [1.29, 1.82) is 0 Å². The maximum absolute atomic E-state index is 13.2. The van der Waals surface area contributed by atoms with Gasteiger partial charge in [-0.05, 0) is 62.4 Å². The van der Waals surface area contributed by atoms with E-state index in [4.69, 9.17) is 18.9 Å². The van der Waals surface area contributed by atoms with Crippen molar-refractivity contribution in [3.05, 3.63) is 88.8 Å². The summed E-state index contributed by atoms with van der Waals surface area (Å²) in [4.78, 5) is 26.0. The van der Waals surface area contributed by atoms with E-state index in [1.165, 1.54) is 7.11 Å². The molecule has 0 saturated heterocycles. The molecule has 0 spiro atoms. The largest absolute Gasteiger partial charge is 0.497 e. The van der Waals surface area contributed by atoms with Crippen molar-refractivity contribution in [1.82, 2.24) is 4.57 Å². The number of ether oxygens (including phenoxy) is 4. The predicted octanol–water partition coefficient (Wildman–Crippen LogP) is 5.82. The zero-order valence-corrected chi connectivity index (χ0v) is 20.5. The van der Waals surface area contributed by atoms with Gasteiger partial charge < -0.3 is 23.5 Å². The number of hydrogen-bond donors (Lipinski definition) is 0. The Bertz CT molecular complexity index is 1550. The summed E-state index contributed by atoms with van der Waals surface area (Å²) in [5.41, 5.74) is 3.18. The Morgan fingerprint density at radius 2 is 1.83 bits per heavy atom. The van der Waals surface area contributed by atoms with Gasteiger partial charge in [0.05, 0.1) is 19.8 Å². The summed E-state index contributed by atoms with van der Waals surface area (Å²) in [7, 11) is 3.12. The Labute approximate surface area is 208 Å². The molecule has 0 unspecified atom stereocenters. The average Bonchev–Trinajstić information content (AvgIpc) is 3.42. The van der Waals surface area contributed by atoms with Gasteiger partial charge in [-0.1, -0.05) is 12.1 Å². The van der Waals surface area contributed by atoms with Gasteiger partial charge in [-0.15, -0.1) is 0 Å². The van der Waals surface area contributed by atoms with Gasteiger partial charge in [0.1, 0.15) is 28.6 Å². The number of aryl methyl sites for hydroxylation is 1. The average molecular weight is 484 g/mol. The summed E-state index contributed by atoms with van der Waals surface area (Å²) in [6.07, 6.45) is 3.74. The van der Waals surface area contributed by atoms with Crippen molar-refractivity contribution in [3.63, 3.8) is 0 Å². The molecule has 4 aromatic rings. The lowest BCUT2D eigenvalue weighted by molar-refractivity contribution is 0.0729. The van der Waals surface area contributed by atoms with Crippen LogP contribution < -0.4 is 18.9 Å².